The van der Waals surface area contributed by atoms with Gasteiger partial charge in [-0.05, 0) is 19.8 Å². The number of ether oxygens (including phenoxy) is 1. The van der Waals surface area contributed by atoms with Crippen molar-refractivity contribution in [2.45, 2.75) is 19.8 Å². The van der Waals surface area contributed by atoms with E-state index in [1.54, 1.807) is 0 Å². The van der Waals surface area contributed by atoms with Crippen LogP contribution in [-0.4, -0.2) is 16.6 Å². The van der Waals surface area contributed by atoms with Gasteiger partial charge >= 0.3 is 0 Å². The van der Waals surface area contributed by atoms with Crippen molar-refractivity contribution in [1.29, 1.82) is 0 Å². The van der Waals surface area contributed by atoms with E-state index < -0.39 is 0 Å². The molecule has 0 amide bonds. The SMILES string of the molecule is C=CCCCOc1ncnc(NN)c1C. The minimum absolute atomic E-state index is 0.571. The number of aromatic nitrogens is 2. The number of nitrogens with two attached hydrogens (primary N) is 1. The van der Waals surface area contributed by atoms with E-state index in [1.807, 2.05) is 13.0 Å². The Morgan fingerprint density at radius 3 is 3.07 bits per heavy atom. The lowest BCUT2D eigenvalue weighted by Crippen LogP contribution is -2.11. The summed E-state index contributed by atoms with van der Waals surface area (Å²) in [6, 6.07) is 0. The van der Waals surface area contributed by atoms with Crippen molar-refractivity contribution < 1.29 is 4.74 Å². The minimum Gasteiger partial charge on any atom is -0.477 e. The first-order valence-electron chi connectivity index (χ1n) is 4.81. The zero-order valence-electron chi connectivity index (χ0n) is 8.86. The number of hydrazine groups is 1. The Bertz CT molecular complexity index is 327. The number of nitrogens with zero attached hydrogens (tertiary/aromatic N) is 2. The number of unbranched alkanes of at least 4 members (excludes halogenated alkanes) is 1. The van der Waals surface area contributed by atoms with Crippen molar-refractivity contribution in [3.8, 4) is 5.88 Å². The Labute approximate surface area is 89.3 Å². The minimum atomic E-state index is 0.571. The van der Waals surface area contributed by atoms with Crippen molar-refractivity contribution >= 4 is 5.82 Å². The number of hydrogen-bond acceptors (Lipinski definition) is 5. The summed E-state index contributed by atoms with van der Waals surface area (Å²) in [7, 11) is 0. The molecular formula is C10H16N4O. The van der Waals surface area contributed by atoms with E-state index in [0.29, 0.717) is 18.3 Å². The maximum Gasteiger partial charge on any atom is 0.221 e. The third-order valence-electron chi connectivity index (χ3n) is 1.97. The molecule has 0 unspecified atom stereocenters. The monoisotopic (exact) mass is 208 g/mol. The molecule has 0 fully saturated rings. The van der Waals surface area contributed by atoms with Gasteiger partial charge in [0.25, 0.3) is 0 Å². The second-order valence-corrected chi connectivity index (χ2v) is 3.08. The molecule has 0 atom stereocenters. The molecule has 0 saturated heterocycles. The molecule has 15 heavy (non-hydrogen) atoms. The van der Waals surface area contributed by atoms with Crippen LogP contribution >= 0.6 is 0 Å². The molecule has 0 bridgehead atoms. The van der Waals surface area contributed by atoms with E-state index >= 15 is 0 Å². The van der Waals surface area contributed by atoms with Crippen molar-refractivity contribution in [3.05, 3.63) is 24.5 Å². The predicted octanol–water partition coefficient (Wildman–Crippen LogP) is 1.42. The molecule has 1 rings (SSSR count). The molecular weight excluding hydrogens is 192 g/mol. The maximum absolute atomic E-state index is 5.49. The molecule has 0 aliphatic carbocycles. The molecule has 0 aliphatic rings. The number of nitrogens with one attached hydrogen (secondary N) is 1. The lowest BCUT2D eigenvalue weighted by atomic mass is 10.3. The quantitative estimate of drug-likeness (QED) is 0.320. The average molecular weight is 208 g/mol. The molecule has 82 valence electrons. The first-order valence-corrected chi connectivity index (χ1v) is 4.81. The van der Waals surface area contributed by atoms with Crippen molar-refractivity contribution in [2.24, 2.45) is 5.84 Å². The predicted molar refractivity (Wildman–Crippen MR) is 59.5 cm³/mol. The van der Waals surface area contributed by atoms with E-state index in [1.165, 1.54) is 6.33 Å². The number of allylic oxidation sites excluding steroid dienone is 1. The summed E-state index contributed by atoms with van der Waals surface area (Å²) in [5.41, 5.74) is 3.31. The molecule has 0 radical (unpaired) electrons. The molecule has 5 heteroatoms. The van der Waals surface area contributed by atoms with Gasteiger partial charge in [0.2, 0.25) is 5.88 Å². The molecule has 0 aromatic carbocycles. The Hall–Kier alpha value is -1.62. The summed E-state index contributed by atoms with van der Waals surface area (Å²) in [5, 5.41) is 0. The summed E-state index contributed by atoms with van der Waals surface area (Å²) >= 11 is 0. The van der Waals surface area contributed by atoms with E-state index in [4.69, 9.17) is 10.6 Å². The van der Waals surface area contributed by atoms with Crippen LogP contribution in [0.1, 0.15) is 18.4 Å². The number of anilines is 1. The van der Waals surface area contributed by atoms with E-state index in [9.17, 15) is 0 Å². The smallest absolute Gasteiger partial charge is 0.221 e. The van der Waals surface area contributed by atoms with Gasteiger partial charge in [-0.15, -0.1) is 6.58 Å². The third kappa shape index (κ3) is 3.21. The first kappa shape index (κ1) is 11.5. The van der Waals surface area contributed by atoms with Crippen molar-refractivity contribution in [3.63, 3.8) is 0 Å². The lowest BCUT2D eigenvalue weighted by Gasteiger charge is -2.09. The molecule has 0 aliphatic heterocycles. The van der Waals surface area contributed by atoms with Gasteiger partial charge in [0.15, 0.2) is 0 Å². The van der Waals surface area contributed by atoms with Gasteiger partial charge < -0.3 is 10.2 Å². The molecule has 5 nitrogen and oxygen atoms in total. The van der Waals surface area contributed by atoms with E-state index in [-0.39, 0.29) is 0 Å². The Balaban J connectivity index is 2.56. The van der Waals surface area contributed by atoms with Crippen LogP contribution < -0.4 is 16.0 Å². The average Bonchev–Trinajstić information content (AvgIpc) is 2.26. The fourth-order valence-corrected chi connectivity index (χ4v) is 1.12. The molecule has 0 saturated carbocycles. The van der Waals surface area contributed by atoms with Gasteiger partial charge in [-0.1, -0.05) is 6.08 Å². The van der Waals surface area contributed by atoms with Crippen molar-refractivity contribution in [2.75, 3.05) is 12.0 Å². The van der Waals surface area contributed by atoms with E-state index in [0.717, 1.165) is 18.4 Å². The zero-order chi connectivity index (χ0) is 11.1. The van der Waals surface area contributed by atoms with Crippen LogP contribution in [0.2, 0.25) is 0 Å². The second kappa shape index (κ2) is 5.98. The first-order chi connectivity index (χ1) is 7.29. The summed E-state index contributed by atoms with van der Waals surface area (Å²) in [6.07, 6.45) is 5.15. The summed E-state index contributed by atoms with van der Waals surface area (Å²) in [5.74, 6) is 6.44. The van der Waals surface area contributed by atoms with Crippen molar-refractivity contribution in [1.82, 2.24) is 9.97 Å². The molecule has 1 aromatic rings. The van der Waals surface area contributed by atoms with Crippen LogP contribution in [0.25, 0.3) is 0 Å². The highest BCUT2D eigenvalue weighted by atomic mass is 16.5. The van der Waals surface area contributed by atoms with E-state index in [2.05, 4.69) is 22.0 Å². The highest BCUT2D eigenvalue weighted by Gasteiger charge is 2.06. The summed E-state index contributed by atoms with van der Waals surface area (Å²) in [4.78, 5) is 7.99. The molecule has 1 heterocycles. The van der Waals surface area contributed by atoms with Crippen LogP contribution in [0, 0.1) is 6.92 Å². The largest absolute Gasteiger partial charge is 0.477 e. The Kier molecular flexibility index (Phi) is 4.56. The lowest BCUT2D eigenvalue weighted by molar-refractivity contribution is 0.297. The maximum atomic E-state index is 5.49. The molecule has 1 aromatic heterocycles. The summed E-state index contributed by atoms with van der Waals surface area (Å²) < 4.78 is 5.49. The normalized spacial score (nSPS) is 9.73. The Morgan fingerprint density at radius 2 is 2.40 bits per heavy atom. The van der Waals surface area contributed by atoms with Gasteiger partial charge in [0, 0.05) is 0 Å². The number of hydrogen-bond donors (Lipinski definition) is 2. The Morgan fingerprint density at radius 1 is 1.60 bits per heavy atom. The van der Waals surface area contributed by atoms with Gasteiger partial charge in [-0.25, -0.2) is 15.8 Å². The van der Waals surface area contributed by atoms with Crippen LogP contribution in [0.3, 0.4) is 0 Å². The zero-order valence-corrected chi connectivity index (χ0v) is 8.86. The highest BCUT2D eigenvalue weighted by molar-refractivity contribution is 5.46. The fourth-order valence-electron chi connectivity index (χ4n) is 1.12. The highest BCUT2D eigenvalue weighted by Crippen LogP contribution is 2.19. The topological polar surface area (TPSA) is 73.1 Å². The van der Waals surface area contributed by atoms with Gasteiger partial charge in [0.1, 0.15) is 12.1 Å². The number of rotatable bonds is 6. The van der Waals surface area contributed by atoms with Gasteiger partial charge in [-0.3, -0.25) is 0 Å². The van der Waals surface area contributed by atoms with Crippen LogP contribution in [0.5, 0.6) is 5.88 Å². The van der Waals surface area contributed by atoms with Gasteiger partial charge in [-0.2, -0.15) is 0 Å². The number of nitrogen functional groups attached to an aromatic ring is 1. The molecule has 3 N–H and O–H groups in total. The second-order valence-electron chi connectivity index (χ2n) is 3.08. The van der Waals surface area contributed by atoms with Gasteiger partial charge in [0.05, 0.1) is 12.2 Å². The fraction of sp³-hybridized carbons (Fsp3) is 0.400. The standard InChI is InChI=1S/C10H16N4O/c1-3-4-5-6-15-10-8(2)9(14-11)12-7-13-10/h3,7H,1,4-6,11H2,2H3,(H,12,13,14). The van der Waals surface area contributed by atoms with Crippen LogP contribution in [0.4, 0.5) is 5.82 Å². The molecule has 0 spiro atoms. The third-order valence-corrected chi connectivity index (χ3v) is 1.97. The van der Waals surface area contributed by atoms with Crippen LogP contribution in [-0.2, 0) is 0 Å². The van der Waals surface area contributed by atoms with Crippen LogP contribution in [0.15, 0.2) is 19.0 Å². The summed E-state index contributed by atoms with van der Waals surface area (Å²) in [6.45, 7) is 6.12.